The molecule has 8 heteroatoms. The molecule has 2 amide bonds. The Kier molecular flexibility index (Phi) is 5.16. The smallest absolute Gasteiger partial charge is 0.250 e. The van der Waals surface area contributed by atoms with E-state index in [9.17, 15) is 9.59 Å². The van der Waals surface area contributed by atoms with E-state index in [2.05, 4.69) is 5.32 Å². The number of ether oxygens (including phenoxy) is 4. The van der Waals surface area contributed by atoms with Gasteiger partial charge < -0.3 is 30.0 Å². The van der Waals surface area contributed by atoms with Gasteiger partial charge in [0.05, 0.1) is 25.5 Å². The van der Waals surface area contributed by atoms with Gasteiger partial charge in [-0.3, -0.25) is 9.59 Å². The van der Waals surface area contributed by atoms with Gasteiger partial charge in [0, 0.05) is 12.1 Å². The van der Waals surface area contributed by atoms with E-state index in [-0.39, 0.29) is 18.0 Å². The number of hydrogen-bond donors (Lipinski definition) is 2. The lowest BCUT2D eigenvalue weighted by Gasteiger charge is -2.13. The quantitative estimate of drug-likeness (QED) is 0.755. The van der Waals surface area contributed by atoms with E-state index in [0.717, 1.165) is 5.56 Å². The van der Waals surface area contributed by atoms with Crippen molar-refractivity contribution in [3.63, 3.8) is 0 Å². The minimum Gasteiger partial charge on any atom is -0.493 e. The molecule has 0 radical (unpaired) electrons. The predicted octanol–water partition coefficient (Wildman–Crippen LogP) is 2.18. The number of benzene rings is 2. The van der Waals surface area contributed by atoms with Gasteiger partial charge >= 0.3 is 0 Å². The first-order chi connectivity index (χ1) is 13.0. The Bertz CT molecular complexity index is 923. The topological polar surface area (TPSA) is 109 Å². The highest BCUT2D eigenvalue weighted by Gasteiger charge is 2.16. The number of methoxy groups -OCH3 is 2. The third kappa shape index (κ3) is 3.95. The van der Waals surface area contributed by atoms with Crippen LogP contribution in [0.25, 0.3) is 6.08 Å². The fourth-order valence-corrected chi connectivity index (χ4v) is 2.55. The summed E-state index contributed by atoms with van der Waals surface area (Å²) < 4.78 is 20.9. The van der Waals surface area contributed by atoms with Gasteiger partial charge in [-0.05, 0) is 29.8 Å². The van der Waals surface area contributed by atoms with E-state index in [0.29, 0.717) is 23.0 Å². The number of nitrogens with two attached hydrogens (primary N) is 1. The molecule has 140 valence electrons. The largest absolute Gasteiger partial charge is 0.493 e. The van der Waals surface area contributed by atoms with Gasteiger partial charge in [0.2, 0.25) is 12.7 Å². The summed E-state index contributed by atoms with van der Waals surface area (Å²) in [6, 6.07) is 8.21. The second kappa shape index (κ2) is 7.69. The maximum atomic E-state index is 12.3. The monoisotopic (exact) mass is 370 g/mol. The van der Waals surface area contributed by atoms with Crippen LogP contribution in [0, 0.1) is 0 Å². The van der Waals surface area contributed by atoms with Crippen LogP contribution in [-0.4, -0.2) is 32.8 Å². The molecule has 0 aliphatic carbocycles. The molecule has 0 saturated heterocycles. The summed E-state index contributed by atoms with van der Waals surface area (Å²) in [7, 11) is 2.89. The van der Waals surface area contributed by atoms with Crippen LogP contribution in [0.3, 0.4) is 0 Å². The lowest BCUT2D eigenvalue weighted by atomic mass is 10.1. The fraction of sp³-hybridized carbons (Fsp3) is 0.158. The van der Waals surface area contributed by atoms with E-state index in [1.807, 2.05) is 0 Å². The minimum atomic E-state index is -0.703. The third-order valence-corrected chi connectivity index (χ3v) is 3.87. The van der Waals surface area contributed by atoms with Crippen LogP contribution in [-0.2, 0) is 4.79 Å². The minimum absolute atomic E-state index is 0.109. The Morgan fingerprint density at radius 1 is 1.07 bits per heavy atom. The second-order valence-electron chi connectivity index (χ2n) is 5.55. The van der Waals surface area contributed by atoms with Crippen molar-refractivity contribution in [3.05, 3.63) is 47.5 Å². The molecular weight excluding hydrogens is 352 g/mol. The molecule has 2 aromatic carbocycles. The van der Waals surface area contributed by atoms with Crippen molar-refractivity contribution in [3.8, 4) is 23.0 Å². The summed E-state index contributed by atoms with van der Waals surface area (Å²) >= 11 is 0. The molecule has 1 heterocycles. The summed E-state index contributed by atoms with van der Waals surface area (Å²) in [6.07, 6.45) is 2.95. The van der Waals surface area contributed by atoms with Crippen LogP contribution < -0.4 is 30.0 Å². The van der Waals surface area contributed by atoms with Gasteiger partial charge in [-0.15, -0.1) is 0 Å². The Hall–Kier alpha value is -3.68. The average Bonchev–Trinajstić information content (AvgIpc) is 3.13. The first kappa shape index (κ1) is 18.1. The molecule has 0 bridgehead atoms. The van der Waals surface area contributed by atoms with E-state index in [1.54, 1.807) is 24.3 Å². The SMILES string of the molecule is COc1cc(NC(=O)/C=C\c2ccc3c(c2)OCO3)c(C(N)=O)cc1OC. The van der Waals surface area contributed by atoms with Gasteiger partial charge in [0.1, 0.15) is 0 Å². The van der Waals surface area contributed by atoms with Crippen molar-refractivity contribution >= 4 is 23.6 Å². The van der Waals surface area contributed by atoms with Crippen molar-refractivity contribution in [2.45, 2.75) is 0 Å². The summed E-state index contributed by atoms with van der Waals surface area (Å²) in [4.78, 5) is 24.0. The zero-order valence-electron chi connectivity index (χ0n) is 14.8. The maximum absolute atomic E-state index is 12.3. The highest BCUT2D eigenvalue weighted by molar-refractivity contribution is 6.07. The lowest BCUT2D eigenvalue weighted by molar-refractivity contribution is -0.111. The zero-order chi connectivity index (χ0) is 19.4. The molecule has 27 heavy (non-hydrogen) atoms. The number of hydrogen-bond acceptors (Lipinski definition) is 6. The van der Waals surface area contributed by atoms with Crippen LogP contribution in [0.15, 0.2) is 36.4 Å². The molecule has 8 nitrogen and oxygen atoms in total. The highest BCUT2D eigenvalue weighted by atomic mass is 16.7. The standard InChI is InChI=1S/C19H18N2O6/c1-24-15-8-12(19(20)23)13(9-16(15)25-2)21-18(22)6-4-11-3-5-14-17(7-11)27-10-26-14/h3-9H,10H2,1-2H3,(H2,20,23)(H,21,22)/b6-4-. The number of amides is 2. The van der Waals surface area contributed by atoms with Crippen molar-refractivity contribution in [1.29, 1.82) is 0 Å². The molecule has 0 fully saturated rings. The van der Waals surface area contributed by atoms with Gasteiger partial charge in [-0.25, -0.2) is 0 Å². The van der Waals surface area contributed by atoms with Crippen LogP contribution in [0.4, 0.5) is 5.69 Å². The molecule has 0 unspecified atom stereocenters. The Morgan fingerprint density at radius 3 is 2.48 bits per heavy atom. The second-order valence-corrected chi connectivity index (χ2v) is 5.55. The third-order valence-electron chi connectivity index (χ3n) is 3.87. The summed E-state index contributed by atoms with van der Waals surface area (Å²) in [6.45, 7) is 0.179. The van der Waals surface area contributed by atoms with Crippen molar-refractivity contribution < 1.29 is 28.5 Å². The van der Waals surface area contributed by atoms with Gasteiger partial charge in [-0.1, -0.05) is 6.07 Å². The number of primary amides is 1. The number of nitrogens with one attached hydrogen (secondary N) is 1. The normalized spacial score (nSPS) is 12.1. The number of rotatable bonds is 6. The summed E-state index contributed by atoms with van der Waals surface area (Å²) in [5.74, 6) is 0.827. The molecular formula is C19H18N2O6. The molecule has 3 rings (SSSR count). The molecule has 1 aliphatic rings. The lowest BCUT2D eigenvalue weighted by Crippen LogP contribution is -2.17. The van der Waals surface area contributed by atoms with E-state index >= 15 is 0 Å². The highest BCUT2D eigenvalue weighted by Crippen LogP contribution is 2.34. The number of carbonyl (C=O) groups is 2. The van der Waals surface area contributed by atoms with Crippen LogP contribution in [0.5, 0.6) is 23.0 Å². The number of anilines is 1. The van der Waals surface area contributed by atoms with E-state index in [1.165, 1.54) is 32.4 Å². The van der Waals surface area contributed by atoms with Crippen molar-refractivity contribution in [2.24, 2.45) is 5.73 Å². The van der Waals surface area contributed by atoms with Gasteiger partial charge in [0.25, 0.3) is 5.91 Å². The molecule has 0 aromatic heterocycles. The van der Waals surface area contributed by atoms with E-state index in [4.69, 9.17) is 24.7 Å². The van der Waals surface area contributed by atoms with Crippen LogP contribution >= 0.6 is 0 Å². The Morgan fingerprint density at radius 2 is 1.78 bits per heavy atom. The first-order valence-corrected chi connectivity index (χ1v) is 7.96. The Balaban J connectivity index is 1.79. The zero-order valence-corrected chi connectivity index (χ0v) is 14.8. The fourth-order valence-electron chi connectivity index (χ4n) is 2.55. The molecule has 0 atom stereocenters. The molecule has 0 saturated carbocycles. The number of fused-ring (bicyclic) bond motifs is 1. The average molecular weight is 370 g/mol. The van der Waals surface area contributed by atoms with Gasteiger partial charge in [-0.2, -0.15) is 0 Å². The molecule has 1 aliphatic heterocycles. The summed E-state index contributed by atoms with van der Waals surface area (Å²) in [5, 5.41) is 2.62. The molecule has 3 N–H and O–H groups in total. The van der Waals surface area contributed by atoms with Crippen LogP contribution in [0.1, 0.15) is 15.9 Å². The molecule has 2 aromatic rings. The first-order valence-electron chi connectivity index (χ1n) is 7.96. The Labute approximate surface area is 155 Å². The van der Waals surface area contributed by atoms with E-state index < -0.39 is 11.8 Å². The summed E-state index contributed by atoms with van der Waals surface area (Å²) in [5.41, 5.74) is 6.48. The van der Waals surface area contributed by atoms with Crippen LogP contribution in [0.2, 0.25) is 0 Å². The van der Waals surface area contributed by atoms with Gasteiger partial charge in [0.15, 0.2) is 23.0 Å². The molecule has 0 spiro atoms. The van der Waals surface area contributed by atoms with Crippen molar-refractivity contribution in [1.82, 2.24) is 0 Å². The maximum Gasteiger partial charge on any atom is 0.250 e. The predicted molar refractivity (Wildman–Crippen MR) is 98.3 cm³/mol. The number of carbonyl (C=O) groups excluding carboxylic acids is 2. The van der Waals surface area contributed by atoms with Crippen molar-refractivity contribution in [2.75, 3.05) is 26.3 Å².